The van der Waals surface area contributed by atoms with Crippen LogP contribution in [0, 0.1) is 6.92 Å². The van der Waals surface area contributed by atoms with Crippen LogP contribution in [0.1, 0.15) is 39.5 Å². The molecule has 1 aliphatic rings. The number of aryl methyl sites for hydroxylation is 2. The van der Waals surface area contributed by atoms with E-state index in [1.165, 1.54) is 23.3 Å². The zero-order valence-electron chi connectivity index (χ0n) is 17.0. The first-order valence-corrected chi connectivity index (χ1v) is 11.4. The van der Waals surface area contributed by atoms with Gasteiger partial charge in [0.2, 0.25) is 0 Å². The van der Waals surface area contributed by atoms with Crippen LogP contribution in [0.25, 0.3) is 0 Å². The monoisotopic (exact) mass is 420 g/mol. The molecule has 1 amide bonds. The molecule has 1 N–H and O–H groups in total. The zero-order chi connectivity index (χ0) is 21.3. The summed E-state index contributed by atoms with van der Waals surface area (Å²) in [6.45, 7) is 1.94. The van der Waals surface area contributed by atoms with Gasteiger partial charge in [0, 0.05) is 18.3 Å². The van der Waals surface area contributed by atoms with Crippen molar-refractivity contribution in [3.05, 3.63) is 95.1 Å². The number of carbonyl (C=O) groups excluding carboxylic acids is 1. The van der Waals surface area contributed by atoms with E-state index in [-0.39, 0.29) is 16.8 Å². The summed E-state index contributed by atoms with van der Waals surface area (Å²) < 4.78 is 27.8. The third kappa shape index (κ3) is 3.96. The topological polar surface area (TPSA) is 66.5 Å². The van der Waals surface area contributed by atoms with Gasteiger partial charge in [-0.25, -0.2) is 8.42 Å². The number of benzene rings is 3. The second kappa shape index (κ2) is 7.95. The van der Waals surface area contributed by atoms with E-state index in [2.05, 4.69) is 16.9 Å². The number of sulfonamides is 1. The molecule has 1 unspecified atom stereocenters. The summed E-state index contributed by atoms with van der Waals surface area (Å²) in [5.41, 5.74) is 4.49. The molecule has 0 radical (unpaired) electrons. The standard InChI is InChI=1S/C24H24N2O3S/c1-17-7-12-20(13-8-17)25-30(28,29)21-14-9-19(10-15-21)24(27)26(2)23-16-11-18-5-3-4-6-22(18)23/h3-10,12-15,23,25H,11,16H2,1-2H3. The quantitative estimate of drug-likeness (QED) is 0.658. The minimum atomic E-state index is -3.72. The van der Waals surface area contributed by atoms with Crippen LogP contribution in [-0.4, -0.2) is 26.3 Å². The Bertz CT molecular complexity index is 1170. The van der Waals surface area contributed by atoms with E-state index < -0.39 is 10.0 Å². The molecule has 0 aromatic heterocycles. The van der Waals surface area contributed by atoms with Gasteiger partial charge in [-0.2, -0.15) is 0 Å². The highest BCUT2D eigenvalue weighted by Gasteiger charge is 2.29. The zero-order valence-corrected chi connectivity index (χ0v) is 17.8. The van der Waals surface area contributed by atoms with Crippen molar-refractivity contribution >= 4 is 21.6 Å². The second-order valence-electron chi connectivity index (χ2n) is 7.67. The average Bonchev–Trinajstić information content (AvgIpc) is 3.18. The number of nitrogens with one attached hydrogen (secondary N) is 1. The highest BCUT2D eigenvalue weighted by molar-refractivity contribution is 7.92. The van der Waals surface area contributed by atoms with Crippen molar-refractivity contribution in [1.82, 2.24) is 4.90 Å². The van der Waals surface area contributed by atoms with Crippen LogP contribution in [0.15, 0.2) is 77.7 Å². The molecule has 154 valence electrons. The number of amides is 1. The Morgan fingerprint density at radius 3 is 2.33 bits per heavy atom. The molecule has 3 aromatic carbocycles. The minimum absolute atomic E-state index is 0.0420. The van der Waals surface area contributed by atoms with Gasteiger partial charge in [-0.05, 0) is 67.3 Å². The van der Waals surface area contributed by atoms with E-state index in [9.17, 15) is 13.2 Å². The molecule has 3 aromatic rings. The van der Waals surface area contributed by atoms with E-state index in [1.54, 1.807) is 36.2 Å². The SMILES string of the molecule is Cc1ccc(NS(=O)(=O)c2ccc(C(=O)N(C)C3CCc4ccccc43)cc2)cc1. The summed E-state index contributed by atoms with van der Waals surface area (Å²) in [7, 11) is -1.92. The molecule has 5 nitrogen and oxygen atoms in total. The Kier molecular flexibility index (Phi) is 5.35. The van der Waals surface area contributed by atoms with Crippen molar-refractivity contribution in [3.8, 4) is 0 Å². The van der Waals surface area contributed by atoms with Crippen LogP contribution in [0.2, 0.25) is 0 Å². The fraction of sp³-hybridized carbons (Fsp3) is 0.208. The fourth-order valence-electron chi connectivity index (χ4n) is 3.89. The Morgan fingerprint density at radius 2 is 1.63 bits per heavy atom. The predicted molar refractivity (Wildman–Crippen MR) is 118 cm³/mol. The van der Waals surface area contributed by atoms with E-state index in [0.29, 0.717) is 11.3 Å². The van der Waals surface area contributed by atoms with Crippen molar-refractivity contribution in [1.29, 1.82) is 0 Å². The average molecular weight is 421 g/mol. The predicted octanol–water partition coefficient (Wildman–Crippen LogP) is 4.56. The molecule has 0 saturated heterocycles. The van der Waals surface area contributed by atoms with Crippen molar-refractivity contribution in [2.24, 2.45) is 0 Å². The van der Waals surface area contributed by atoms with Gasteiger partial charge in [0.25, 0.3) is 15.9 Å². The third-order valence-corrected chi connectivity index (χ3v) is 7.00. The number of carbonyl (C=O) groups is 1. The Morgan fingerprint density at radius 1 is 0.967 bits per heavy atom. The summed E-state index contributed by atoms with van der Waals surface area (Å²) in [6, 6.07) is 21.5. The maximum atomic E-state index is 13.0. The number of fused-ring (bicyclic) bond motifs is 1. The van der Waals surface area contributed by atoms with Gasteiger partial charge >= 0.3 is 0 Å². The normalized spacial score (nSPS) is 15.5. The Balaban J connectivity index is 1.50. The molecular formula is C24H24N2O3S. The third-order valence-electron chi connectivity index (χ3n) is 5.60. The molecule has 0 spiro atoms. The minimum Gasteiger partial charge on any atom is -0.335 e. The van der Waals surface area contributed by atoms with E-state index >= 15 is 0 Å². The summed E-state index contributed by atoms with van der Waals surface area (Å²) in [4.78, 5) is 14.9. The van der Waals surface area contributed by atoms with Gasteiger partial charge in [0.15, 0.2) is 0 Å². The highest BCUT2D eigenvalue weighted by atomic mass is 32.2. The second-order valence-corrected chi connectivity index (χ2v) is 9.35. The maximum absolute atomic E-state index is 13.0. The Labute approximate surface area is 177 Å². The van der Waals surface area contributed by atoms with Gasteiger partial charge in [-0.15, -0.1) is 0 Å². The van der Waals surface area contributed by atoms with E-state index in [4.69, 9.17) is 0 Å². The van der Waals surface area contributed by atoms with Crippen molar-refractivity contribution < 1.29 is 13.2 Å². The number of nitrogens with zero attached hydrogens (tertiary/aromatic N) is 1. The van der Waals surface area contributed by atoms with Crippen molar-refractivity contribution in [2.45, 2.75) is 30.7 Å². The van der Waals surface area contributed by atoms with Crippen LogP contribution in [0.4, 0.5) is 5.69 Å². The molecule has 0 heterocycles. The van der Waals surface area contributed by atoms with Crippen LogP contribution in [0.3, 0.4) is 0 Å². The summed E-state index contributed by atoms with van der Waals surface area (Å²) in [5, 5.41) is 0. The molecule has 4 rings (SSSR count). The smallest absolute Gasteiger partial charge is 0.261 e. The number of rotatable bonds is 5. The van der Waals surface area contributed by atoms with Gasteiger partial charge in [0.1, 0.15) is 0 Å². The number of hydrogen-bond donors (Lipinski definition) is 1. The maximum Gasteiger partial charge on any atom is 0.261 e. The molecule has 0 fully saturated rings. The largest absolute Gasteiger partial charge is 0.335 e. The van der Waals surface area contributed by atoms with Crippen LogP contribution < -0.4 is 4.72 Å². The Hall–Kier alpha value is -3.12. The molecule has 1 atom stereocenters. The van der Waals surface area contributed by atoms with Crippen LogP contribution in [-0.2, 0) is 16.4 Å². The van der Waals surface area contributed by atoms with Gasteiger partial charge in [-0.3, -0.25) is 9.52 Å². The lowest BCUT2D eigenvalue weighted by Gasteiger charge is -2.25. The summed E-state index contributed by atoms with van der Waals surface area (Å²) in [5.74, 6) is -0.118. The summed E-state index contributed by atoms with van der Waals surface area (Å²) in [6.07, 6.45) is 1.86. The lowest BCUT2D eigenvalue weighted by molar-refractivity contribution is 0.0730. The number of anilines is 1. The van der Waals surface area contributed by atoms with Crippen molar-refractivity contribution in [2.75, 3.05) is 11.8 Å². The first-order valence-electron chi connectivity index (χ1n) is 9.90. The van der Waals surface area contributed by atoms with E-state index in [1.807, 2.05) is 31.2 Å². The molecule has 0 bridgehead atoms. The lowest BCUT2D eigenvalue weighted by Crippen LogP contribution is -2.30. The molecule has 30 heavy (non-hydrogen) atoms. The first kappa shape index (κ1) is 20.2. The molecular weight excluding hydrogens is 396 g/mol. The van der Waals surface area contributed by atoms with Gasteiger partial charge in [-0.1, -0.05) is 42.0 Å². The molecule has 6 heteroatoms. The molecule has 1 aliphatic carbocycles. The lowest BCUT2D eigenvalue weighted by atomic mass is 10.1. The molecule has 0 saturated carbocycles. The summed E-state index contributed by atoms with van der Waals surface area (Å²) >= 11 is 0. The van der Waals surface area contributed by atoms with Crippen LogP contribution in [0.5, 0.6) is 0 Å². The highest BCUT2D eigenvalue weighted by Crippen LogP contribution is 2.35. The number of hydrogen-bond acceptors (Lipinski definition) is 3. The van der Waals surface area contributed by atoms with E-state index in [0.717, 1.165) is 18.4 Å². The van der Waals surface area contributed by atoms with Crippen LogP contribution >= 0.6 is 0 Å². The van der Waals surface area contributed by atoms with Gasteiger partial charge < -0.3 is 4.90 Å². The van der Waals surface area contributed by atoms with Gasteiger partial charge in [0.05, 0.1) is 10.9 Å². The fourth-order valence-corrected chi connectivity index (χ4v) is 4.95. The molecule has 0 aliphatic heterocycles. The first-order chi connectivity index (χ1) is 14.3. The van der Waals surface area contributed by atoms with Crippen molar-refractivity contribution in [3.63, 3.8) is 0 Å².